The lowest BCUT2D eigenvalue weighted by atomic mass is 10.1. The highest BCUT2D eigenvalue weighted by molar-refractivity contribution is 6.21. The van der Waals surface area contributed by atoms with Crippen LogP contribution in [0.15, 0.2) is 18.2 Å². The molecule has 0 atom stereocenters. The number of carbonyl (C=O) groups is 4. The van der Waals surface area contributed by atoms with Crippen LogP contribution in [0.2, 0.25) is 0 Å². The molecule has 0 fully saturated rings. The fraction of sp³-hybridized carbons (Fsp3) is 0.286. The molecule has 8 heteroatoms. The van der Waals surface area contributed by atoms with Crippen LogP contribution in [0.5, 0.6) is 0 Å². The average Bonchev–Trinajstić information content (AvgIpc) is 2.71. The summed E-state index contributed by atoms with van der Waals surface area (Å²) < 4.78 is 4.78. The molecule has 0 aromatic heterocycles. The van der Waals surface area contributed by atoms with E-state index in [1.54, 1.807) is 0 Å². The second-order valence-electron chi connectivity index (χ2n) is 4.63. The summed E-state index contributed by atoms with van der Waals surface area (Å²) in [6.45, 7) is -0.239. The zero-order valence-corrected chi connectivity index (χ0v) is 11.8. The van der Waals surface area contributed by atoms with Gasteiger partial charge in [0.25, 0.3) is 17.7 Å². The molecule has 116 valence electrons. The van der Waals surface area contributed by atoms with Gasteiger partial charge in [0.1, 0.15) is 6.61 Å². The Bertz CT molecular complexity index is 655. The van der Waals surface area contributed by atoms with Gasteiger partial charge < -0.3 is 15.2 Å². The second-order valence-corrected chi connectivity index (χ2v) is 4.63. The molecule has 0 spiro atoms. The van der Waals surface area contributed by atoms with Crippen LogP contribution in [0.1, 0.15) is 31.1 Å². The van der Waals surface area contributed by atoms with Crippen LogP contribution in [0.3, 0.4) is 0 Å². The van der Waals surface area contributed by atoms with Gasteiger partial charge in [-0.15, -0.1) is 0 Å². The van der Waals surface area contributed by atoms with Gasteiger partial charge in [0.15, 0.2) is 0 Å². The third-order valence-corrected chi connectivity index (χ3v) is 3.11. The summed E-state index contributed by atoms with van der Waals surface area (Å²) in [6, 6.07) is 4.26. The second kappa shape index (κ2) is 6.35. The molecule has 0 saturated carbocycles. The van der Waals surface area contributed by atoms with Crippen LogP contribution < -0.4 is 5.32 Å². The molecule has 2 rings (SSSR count). The molecule has 3 amide bonds. The van der Waals surface area contributed by atoms with Gasteiger partial charge in [0.2, 0.25) is 0 Å². The molecule has 1 aliphatic rings. The fourth-order valence-corrected chi connectivity index (χ4v) is 2.00. The number of aliphatic carboxylic acids is 1. The van der Waals surface area contributed by atoms with Crippen LogP contribution in [0, 0.1) is 0 Å². The maximum atomic E-state index is 11.9. The Labute approximate surface area is 125 Å². The van der Waals surface area contributed by atoms with E-state index in [4.69, 9.17) is 9.84 Å². The molecule has 0 unspecified atom stereocenters. The monoisotopic (exact) mass is 306 g/mol. The molecule has 0 saturated heterocycles. The lowest BCUT2D eigenvalue weighted by Crippen LogP contribution is -2.28. The molecular formula is C14H14N2O6. The van der Waals surface area contributed by atoms with Gasteiger partial charge in [-0.3, -0.25) is 19.3 Å². The first-order chi connectivity index (χ1) is 10.4. The number of carboxylic acids is 1. The van der Waals surface area contributed by atoms with Crippen LogP contribution in [-0.2, 0) is 9.53 Å². The van der Waals surface area contributed by atoms with E-state index in [-0.39, 0.29) is 29.8 Å². The Morgan fingerprint density at radius 2 is 1.91 bits per heavy atom. The van der Waals surface area contributed by atoms with Crippen LogP contribution in [-0.4, -0.2) is 60.5 Å². The number of ether oxygens (including phenoxy) is 1. The summed E-state index contributed by atoms with van der Waals surface area (Å²) in [5, 5.41) is 10.9. The number of nitrogens with one attached hydrogen (secondary N) is 1. The highest BCUT2D eigenvalue weighted by Crippen LogP contribution is 2.22. The van der Waals surface area contributed by atoms with E-state index in [2.05, 4.69) is 5.32 Å². The zero-order chi connectivity index (χ0) is 16.3. The Kier molecular flexibility index (Phi) is 4.52. The molecular weight excluding hydrogens is 292 g/mol. The quantitative estimate of drug-likeness (QED) is 0.553. The van der Waals surface area contributed by atoms with E-state index in [0.29, 0.717) is 0 Å². The average molecular weight is 306 g/mol. The number of carboxylic acid groups (broad SMARTS) is 1. The molecule has 1 aromatic carbocycles. The number of benzene rings is 1. The smallest absolute Gasteiger partial charge is 0.329 e. The van der Waals surface area contributed by atoms with Crippen molar-refractivity contribution in [3.8, 4) is 0 Å². The van der Waals surface area contributed by atoms with Crippen LogP contribution >= 0.6 is 0 Å². The number of hydrogen-bond acceptors (Lipinski definition) is 5. The normalized spacial score (nSPS) is 13.2. The molecule has 1 aliphatic heterocycles. The first-order valence-electron chi connectivity index (χ1n) is 6.46. The molecule has 0 radical (unpaired) electrons. The molecule has 22 heavy (non-hydrogen) atoms. The van der Waals surface area contributed by atoms with Crippen molar-refractivity contribution in [3.05, 3.63) is 34.9 Å². The first kappa shape index (κ1) is 15.6. The van der Waals surface area contributed by atoms with Gasteiger partial charge in [-0.2, -0.15) is 0 Å². The molecule has 1 aromatic rings. The minimum atomic E-state index is -1.09. The number of fused-ring (bicyclic) bond motifs is 1. The highest BCUT2D eigenvalue weighted by atomic mass is 16.5. The minimum absolute atomic E-state index is 0.0587. The predicted molar refractivity (Wildman–Crippen MR) is 73.7 cm³/mol. The van der Waals surface area contributed by atoms with E-state index >= 15 is 0 Å². The Balaban J connectivity index is 1.97. The lowest BCUT2D eigenvalue weighted by molar-refractivity contribution is -0.142. The van der Waals surface area contributed by atoms with E-state index < -0.39 is 30.3 Å². The summed E-state index contributed by atoms with van der Waals surface area (Å²) in [5.74, 6) is -2.36. The SMILES string of the molecule is CN1C(=O)c2ccc(C(=O)NCCOCC(=O)O)cc2C1=O. The topological polar surface area (TPSA) is 113 Å². The van der Waals surface area contributed by atoms with Crippen molar-refractivity contribution in [3.63, 3.8) is 0 Å². The van der Waals surface area contributed by atoms with E-state index in [1.807, 2.05) is 0 Å². The summed E-state index contributed by atoms with van der Waals surface area (Å²) >= 11 is 0. The van der Waals surface area contributed by atoms with Gasteiger partial charge in [-0.1, -0.05) is 0 Å². The number of amides is 3. The van der Waals surface area contributed by atoms with Gasteiger partial charge in [-0.25, -0.2) is 4.79 Å². The maximum absolute atomic E-state index is 11.9. The summed E-state index contributed by atoms with van der Waals surface area (Å²) in [4.78, 5) is 46.7. The summed E-state index contributed by atoms with van der Waals surface area (Å²) in [7, 11) is 1.38. The Morgan fingerprint density at radius 1 is 1.23 bits per heavy atom. The summed E-state index contributed by atoms with van der Waals surface area (Å²) in [5.41, 5.74) is 0.713. The lowest BCUT2D eigenvalue weighted by Gasteiger charge is -2.06. The van der Waals surface area contributed by atoms with Gasteiger partial charge in [0.05, 0.1) is 17.7 Å². The molecule has 8 nitrogen and oxygen atoms in total. The summed E-state index contributed by atoms with van der Waals surface area (Å²) in [6.07, 6.45) is 0. The van der Waals surface area contributed by atoms with Crippen molar-refractivity contribution in [2.24, 2.45) is 0 Å². The maximum Gasteiger partial charge on any atom is 0.329 e. The Hall–Kier alpha value is -2.74. The highest BCUT2D eigenvalue weighted by Gasteiger charge is 2.33. The zero-order valence-electron chi connectivity index (χ0n) is 11.8. The third kappa shape index (κ3) is 3.12. The molecule has 0 bridgehead atoms. The van der Waals surface area contributed by atoms with Crippen molar-refractivity contribution in [2.45, 2.75) is 0 Å². The van der Waals surface area contributed by atoms with Crippen molar-refractivity contribution in [1.29, 1.82) is 0 Å². The number of carbonyl (C=O) groups excluding carboxylic acids is 3. The van der Waals surface area contributed by atoms with E-state index in [9.17, 15) is 19.2 Å². The first-order valence-corrected chi connectivity index (χ1v) is 6.46. The number of imide groups is 1. The van der Waals surface area contributed by atoms with Crippen molar-refractivity contribution in [1.82, 2.24) is 10.2 Å². The molecule has 0 aliphatic carbocycles. The van der Waals surface area contributed by atoms with Crippen molar-refractivity contribution >= 4 is 23.7 Å². The minimum Gasteiger partial charge on any atom is -0.480 e. The Morgan fingerprint density at radius 3 is 2.59 bits per heavy atom. The van der Waals surface area contributed by atoms with E-state index in [1.165, 1.54) is 25.2 Å². The largest absolute Gasteiger partial charge is 0.480 e. The molecule has 2 N–H and O–H groups in total. The van der Waals surface area contributed by atoms with Gasteiger partial charge in [-0.05, 0) is 18.2 Å². The fourth-order valence-electron chi connectivity index (χ4n) is 2.00. The predicted octanol–water partition coefficient (Wildman–Crippen LogP) is -0.257. The van der Waals surface area contributed by atoms with Gasteiger partial charge >= 0.3 is 5.97 Å². The van der Waals surface area contributed by atoms with Crippen molar-refractivity contribution in [2.75, 3.05) is 26.8 Å². The third-order valence-electron chi connectivity index (χ3n) is 3.11. The molecule has 1 heterocycles. The van der Waals surface area contributed by atoms with Crippen LogP contribution in [0.25, 0.3) is 0 Å². The standard InChI is InChI=1S/C14H14N2O6/c1-16-13(20)9-3-2-8(6-10(9)14(16)21)12(19)15-4-5-22-7-11(17)18/h2-3,6H,4-5,7H2,1H3,(H,15,19)(H,17,18). The van der Waals surface area contributed by atoms with E-state index in [0.717, 1.165) is 4.90 Å². The number of nitrogens with zero attached hydrogens (tertiary/aromatic N) is 1. The number of rotatable bonds is 6. The van der Waals surface area contributed by atoms with Gasteiger partial charge in [0, 0.05) is 19.2 Å². The number of hydrogen-bond donors (Lipinski definition) is 2. The van der Waals surface area contributed by atoms with Crippen LogP contribution in [0.4, 0.5) is 0 Å². The van der Waals surface area contributed by atoms with Crippen molar-refractivity contribution < 1.29 is 29.0 Å².